The molecule has 1 saturated carbocycles. The Morgan fingerprint density at radius 3 is 2.75 bits per heavy atom. The molecule has 1 heterocycles. The molecule has 0 bridgehead atoms. The van der Waals surface area contributed by atoms with Crippen molar-refractivity contribution in [3.8, 4) is 0 Å². The number of nitrogens with one attached hydrogen (secondary N) is 1. The summed E-state index contributed by atoms with van der Waals surface area (Å²) in [6.45, 7) is 0.979. The van der Waals surface area contributed by atoms with E-state index in [-0.39, 0.29) is 11.8 Å². The average Bonchev–Trinajstić information content (AvgIpc) is 2.40. The first-order chi connectivity index (χ1) is 9.56. The van der Waals surface area contributed by atoms with Crippen molar-refractivity contribution in [2.75, 3.05) is 18.6 Å². The smallest absolute Gasteiger partial charge is 0.178 e. The molecule has 0 saturated heterocycles. The minimum Gasteiger partial charge on any atom is -0.308 e. The number of rotatable bonds is 4. The fourth-order valence-electron chi connectivity index (χ4n) is 3.14. The molecule has 0 aromatic heterocycles. The van der Waals surface area contributed by atoms with Crippen molar-refractivity contribution >= 4 is 21.6 Å². The van der Waals surface area contributed by atoms with Crippen molar-refractivity contribution in [3.05, 3.63) is 29.8 Å². The molecule has 1 aromatic rings. The molecule has 5 heteroatoms. The molecule has 1 unspecified atom stereocenters. The van der Waals surface area contributed by atoms with Crippen LogP contribution in [0.2, 0.25) is 0 Å². The maximum Gasteiger partial charge on any atom is 0.178 e. The van der Waals surface area contributed by atoms with Gasteiger partial charge in [-0.25, -0.2) is 8.42 Å². The number of fused-ring (bicyclic) bond motifs is 1. The summed E-state index contributed by atoms with van der Waals surface area (Å²) in [6, 6.07) is 7.62. The summed E-state index contributed by atoms with van der Waals surface area (Å²) in [4.78, 5) is 0.524. The van der Waals surface area contributed by atoms with Crippen LogP contribution in [0.4, 0.5) is 0 Å². The third-order valence-corrected chi connectivity index (χ3v) is 7.91. The van der Waals surface area contributed by atoms with Gasteiger partial charge in [0.05, 0.1) is 10.6 Å². The second kappa shape index (κ2) is 5.35. The van der Waals surface area contributed by atoms with Crippen molar-refractivity contribution < 1.29 is 8.42 Å². The Balaban J connectivity index is 1.79. The highest BCUT2D eigenvalue weighted by Crippen LogP contribution is 2.43. The van der Waals surface area contributed by atoms with E-state index in [1.54, 1.807) is 6.07 Å². The number of thioether (sulfide) groups is 1. The molecule has 0 radical (unpaired) electrons. The van der Waals surface area contributed by atoms with Crippen molar-refractivity contribution in [2.45, 2.75) is 41.4 Å². The van der Waals surface area contributed by atoms with Gasteiger partial charge in [0.25, 0.3) is 0 Å². The van der Waals surface area contributed by atoms with Gasteiger partial charge in [-0.05, 0) is 37.1 Å². The van der Waals surface area contributed by atoms with E-state index in [1.807, 2.05) is 30.0 Å². The van der Waals surface area contributed by atoms with E-state index in [2.05, 4.69) is 11.6 Å². The summed E-state index contributed by atoms with van der Waals surface area (Å²) >= 11 is 1.95. The first-order valence-electron chi connectivity index (χ1n) is 7.17. The molecular formula is C15H21NO2S2. The molecule has 3 rings (SSSR count). The molecule has 110 valence electrons. The lowest BCUT2D eigenvalue weighted by Crippen LogP contribution is -2.45. The maximum atomic E-state index is 12.1. The SMILES string of the molecule is CSC1(CNC2CCS(=O)(=O)c3ccccc32)CCC1. The summed E-state index contributed by atoms with van der Waals surface area (Å²) in [7, 11) is -3.07. The van der Waals surface area contributed by atoms with E-state index in [4.69, 9.17) is 0 Å². The zero-order chi connectivity index (χ0) is 14.2. The molecule has 1 atom stereocenters. The van der Waals surface area contributed by atoms with Crippen molar-refractivity contribution in [2.24, 2.45) is 0 Å². The Kier molecular flexibility index (Phi) is 3.86. The molecule has 20 heavy (non-hydrogen) atoms. The van der Waals surface area contributed by atoms with Crippen LogP contribution in [0, 0.1) is 0 Å². The number of sulfone groups is 1. The van der Waals surface area contributed by atoms with Gasteiger partial charge >= 0.3 is 0 Å². The van der Waals surface area contributed by atoms with E-state index < -0.39 is 9.84 Å². The summed E-state index contributed by atoms with van der Waals surface area (Å²) in [5, 5.41) is 3.62. The van der Waals surface area contributed by atoms with Gasteiger partial charge in [0.1, 0.15) is 0 Å². The average molecular weight is 311 g/mol. The molecule has 1 aromatic carbocycles. The van der Waals surface area contributed by atoms with Crippen molar-refractivity contribution in [1.29, 1.82) is 0 Å². The van der Waals surface area contributed by atoms with Crippen molar-refractivity contribution in [1.82, 2.24) is 5.32 Å². The predicted molar refractivity (Wildman–Crippen MR) is 84.0 cm³/mol. The van der Waals surface area contributed by atoms with Crippen LogP contribution in [-0.2, 0) is 9.84 Å². The van der Waals surface area contributed by atoms with Crippen LogP contribution in [0.15, 0.2) is 29.2 Å². The topological polar surface area (TPSA) is 46.2 Å². The van der Waals surface area contributed by atoms with Gasteiger partial charge in [-0.1, -0.05) is 24.6 Å². The standard InChI is InChI=1S/C15H21NO2S2/c1-19-15(8-4-9-15)11-16-13-7-10-20(17,18)14-6-3-2-5-12(13)14/h2-3,5-6,13,16H,4,7-11H2,1H3. The summed E-state index contributed by atoms with van der Waals surface area (Å²) in [5.41, 5.74) is 0.953. The van der Waals surface area contributed by atoms with E-state index in [0.717, 1.165) is 12.1 Å². The van der Waals surface area contributed by atoms with Gasteiger partial charge in [0, 0.05) is 17.3 Å². The van der Waals surface area contributed by atoms with Crippen LogP contribution < -0.4 is 5.32 Å². The van der Waals surface area contributed by atoms with E-state index in [0.29, 0.717) is 16.1 Å². The van der Waals surface area contributed by atoms with Gasteiger partial charge in [0.15, 0.2) is 9.84 Å². The highest BCUT2D eigenvalue weighted by atomic mass is 32.2. The van der Waals surface area contributed by atoms with Crippen LogP contribution in [-0.4, -0.2) is 31.7 Å². The fraction of sp³-hybridized carbons (Fsp3) is 0.600. The van der Waals surface area contributed by atoms with E-state index >= 15 is 0 Å². The van der Waals surface area contributed by atoms with E-state index in [1.165, 1.54) is 19.3 Å². The van der Waals surface area contributed by atoms with Gasteiger partial charge in [-0.3, -0.25) is 0 Å². The van der Waals surface area contributed by atoms with Gasteiger partial charge < -0.3 is 5.32 Å². The van der Waals surface area contributed by atoms with Gasteiger partial charge in [-0.15, -0.1) is 0 Å². The number of hydrogen-bond acceptors (Lipinski definition) is 4. The third kappa shape index (κ3) is 2.51. The first-order valence-corrected chi connectivity index (χ1v) is 10.0. The highest BCUT2D eigenvalue weighted by molar-refractivity contribution is 8.00. The Morgan fingerprint density at radius 1 is 1.35 bits per heavy atom. The van der Waals surface area contributed by atoms with Gasteiger partial charge in [0.2, 0.25) is 0 Å². The normalized spacial score (nSPS) is 26.6. The molecule has 1 aliphatic carbocycles. The predicted octanol–water partition coefficient (Wildman–Crippen LogP) is 2.78. The zero-order valence-corrected chi connectivity index (χ0v) is 13.4. The molecule has 3 nitrogen and oxygen atoms in total. The third-order valence-electron chi connectivity index (χ3n) is 4.67. The van der Waals surface area contributed by atoms with Crippen LogP contribution in [0.3, 0.4) is 0 Å². The van der Waals surface area contributed by atoms with Crippen LogP contribution in [0.1, 0.15) is 37.3 Å². The number of benzene rings is 1. The second-order valence-corrected chi connectivity index (χ2v) is 9.17. The van der Waals surface area contributed by atoms with Crippen LogP contribution in [0.5, 0.6) is 0 Å². The lowest BCUT2D eigenvalue weighted by atomic mass is 9.84. The molecular weight excluding hydrogens is 290 g/mol. The summed E-state index contributed by atoms with van der Waals surface area (Å²) in [6.07, 6.45) is 6.73. The quantitative estimate of drug-likeness (QED) is 0.929. The fourth-order valence-corrected chi connectivity index (χ4v) is 5.68. The Hall–Kier alpha value is -0.520. The minimum atomic E-state index is -3.07. The lowest BCUT2D eigenvalue weighted by Gasteiger charge is -2.42. The van der Waals surface area contributed by atoms with Crippen molar-refractivity contribution in [3.63, 3.8) is 0 Å². The lowest BCUT2D eigenvalue weighted by molar-refractivity contribution is 0.326. The van der Waals surface area contributed by atoms with Crippen LogP contribution >= 0.6 is 11.8 Å². The molecule has 1 aliphatic heterocycles. The van der Waals surface area contributed by atoms with E-state index in [9.17, 15) is 8.42 Å². The molecule has 0 spiro atoms. The maximum absolute atomic E-state index is 12.1. The number of hydrogen-bond donors (Lipinski definition) is 1. The largest absolute Gasteiger partial charge is 0.308 e. The molecule has 2 aliphatic rings. The molecule has 1 fully saturated rings. The summed E-state index contributed by atoms with van der Waals surface area (Å²) < 4.78 is 24.6. The highest BCUT2D eigenvalue weighted by Gasteiger charge is 2.37. The minimum absolute atomic E-state index is 0.180. The first kappa shape index (κ1) is 14.4. The molecule has 0 amide bonds. The molecule has 1 N–H and O–H groups in total. The zero-order valence-electron chi connectivity index (χ0n) is 11.8. The second-order valence-electron chi connectivity index (χ2n) is 5.82. The summed E-state index contributed by atoms with van der Waals surface area (Å²) in [5.74, 6) is 0.258. The Morgan fingerprint density at radius 2 is 2.10 bits per heavy atom. The Bertz CT molecular complexity index is 588. The van der Waals surface area contributed by atoms with Gasteiger partial charge in [-0.2, -0.15) is 11.8 Å². The Labute approximate surface area is 125 Å². The monoisotopic (exact) mass is 311 g/mol. The van der Waals surface area contributed by atoms with Crippen LogP contribution in [0.25, 0.3) is 0 Å².